The van der Waals surface area contributed by atoms with Gasteiger partial charge in [-0.3, -0.25) is 20.1 Å². The second-order valence-corrected chi connectivity index (χ2v) is 8.44. The molecule has 6 aromatic heterocycles. The highest BCUT2D eigenvalue weighted by Gasteiger charge is 2.16. The van der Waals surface area contributed by atoms with E-state index in [1.807, 2.05) is 48.8 Å². The average molecular weight is 447 g/mol. The Morgan fingerprint density at radius 2 is 1.79 bits per heavy atom. The summed E-state index contributed by atoms with van der Waals surface area (Å²) in [6.45, 7) is 4.20. The van der Waals surface area contributed by atoms with E-state index in [4.69, 9.17) is 4.98 Å². The van der Waals surface area contributed by atoms with E-state index in [1.54, 1.807) is 12.4 Å². The third-order valence-corrected chi connectivity index (χ3v) is 5.61. The van der Waals surface area contributed by atoms with Gasteiger partial charge >= 0.3 is 0 Å². The van der Waals surface area contributed by atoms with Crippen LogP contribution in [0.4, 0.5) is 5.69 Å². The summed E-state index contributed by atoms with van der Waals surface area (Å²) in [5, 5.41) is 12.1. The van der Waals surface area contributed by atoms with Crippen LogP contribution in [0.3, 0.4) is 0 Å². The van der Waals surface area contributed by atoms with E-state index in [9.17, 15) is 0 Å². The predicted molar refractivity (Wildman–Crippen MR) is 134 cm³/mol. The van der Waals surface area contributed by atoms with Gasteiger partial charge in [-0.15, -0.1) is 0 Å². The van der Waals surface area contributed by atoms with Crippen molar-refractivity contribution in [2.24, 2.45) is 0 Å². The number of aromatic nitrogens is 7. The first-order valence-corrected chi connectivity index (χ1v) is 11.1. The smallest absolute Gasteiger partial charge is 0.135 e. The van der Waals surface area contributed by atoms with Crippen LogP contribution in [0.2, 0.25) is 0 Å². The maximum Gasteiger partial charge on any atom is 0.135 e. The average Bonchev–Trinajstić information content (AvgIpc) is 3.48. The molecular formula is C26H22N8. The summed E-state index contributed by atoms with van der Waals surface area (Å²) in [5.41, 5.74) is 8.64. The summed E-state index contributed by atoms with van der Waals surface area (Å²) in [6, 6.07) is 16.2. The van der Waals surface area contributed by atoms with Crippen LogP contribution in [0.25, 0.3) is 56.0 Å². The standard InChI is InChI=1S/C26H22N8/c1-15(2)30-17-11-16(13-27-14-17)19-6-7-22-25(32-19)26(34-33-22)23-12-18-20(31-23)8-10-29-24(18)21-5-3-4-9-28-21/h3-15,30-31H,1-2H3,(H,33,34). The molecule has 8 nitrogen and oxygen atoms in total. The highest BCUT2D eigenvalue weighted by atomic mass is 15.1. The fourth-order valence-electron chi connectivity index (χ4n) is 4.13. The number of H-pyrrole nitrogens is 2. The van der Waals surface area contributed by atoms with Crippen molar-refractivity contribution in [1.82, 2.24) is 35.1 Å². The number of nitrogens with zero attached hydrogens (tertiary/aromatic N) is 5. The minimum Gasteiger partial charge on any atom is -0.382 e. The Kier molecular flexibility index (Phi) is 4.76. The third-order valence-electron chi connectivity index (χ3n) is 5.61. The first-order valence-electron chi connectivity index (χ1n) is 11.1. The Morgan fingerprint density at radius 1 is 0.853 bits per heavy atom. The largest absolute Gasteiger partial charge is 0.382 e. The summed E-state index contributed by atoms with van der Waals surface area (Å²) in [6.07, 6.45) is 7.21. The van der Waals surface area contributed by atoms with Crippen LogP contribution in [0.1, 0.15) is 13.8 Å². The zero-order chi connectivity index (χ0) is 23.1. The van der Waals surface area contributed by atoms with E-state index in [-0.39, 0.29) is 0 Å². The third kappa shape index (κ3) is 3.55. The first-order chi connectivity index (χ1) is 16.7. The van der Waals surface area contributed by atoms with Crippen LogP contribution < -0.4 is 5.32 Å². The van der Waals surface area contributed by atoms with Crippen molar-refractivity contribution in [3.05, 3.63) is 73.3 Å². The molecule has 0 amide bonds. The summed E-state index contributed by atoms with van der Waals surface area (Å²) >= 11 is 0. The van der Waals surface area contributed by atoms with Gasteiger partial charge in [0.05, 0.1) is 34.0 Å². The number of anilines is 1. The highest BCUT2D eigenvalue weighted by molar-refractivity contribution is 5.98. The minimum absolute atomic E-state index is 0.320. The van der Waals surface area contributed by atoms with Crippen LogP contribution in [0.5, 0.6) is 0 Å². The number of rotatable bonds is 5. The Balaban J connectivity index is 1.45. The van der Waals surface area contributed by atoms with Gasteiger partial charge in [0.15, 0.2) is 0 Å². The molecule has 0 radical (unpaired) electrons. The Morgan fingerprint density at radius 3 is 2.65 bits per heavy atom. The molecule has 0 fully saturated rings. The SMILES string of the molecule is CC(C)Nc1cncc(-c2ccc3[nH]nc(-c4cc5c(-c6ccccn6)nccc5[nH]4)c3n2)c1. The molecule has 34 heavy (non-hydrogen) atoms. The van der Waals surface area contributed by atoms with Crippen LogP contribution >= 0.6 is 0 Å². The number of pyridine rings is 4. The summed E-state index contributed by atoms with van der Waals surface area (Å²) < 4.78 is 0. The molecule has 166 valence electrons. The molecule has 0 spiro atoms. The van der Waals surface area contributed by atoms with Gasteiger partial charge in [0.2, 0.25) is 0 Å². The normalized spacial score (nSPS) is 11.5. The number of nitrogens with one attached hydrogen (secondary N) is 3. The predicted octanol–water partition coefficient (Wildman–Crippen LogP) is 5.45. The molecule has 0 saturated heterocycles. The maximum absolute atomic E-state index is 4.94. The van der Waals surface area contributed by atoms with Crippen molar-refractivity contribution < 1.29 is 0 Å². The molecule has 6 heterocycles. The molecule has 0 aliphatic rings. The first kappa shape index (κ1) is 20.0. The minimum atomic E-state index is 0.320. The van der Waals surface area contributed by atoms with Crippen LogP contribution in [-0.2, 0) is 0 Å². The molecule has 8 heteroatoms. The fourth-order valence-corrected chi connectivity index (χ4v) is 4.13. The van der Waals surface area contributed by atoms with Crippen molar-refractivity contribution in [2.45, 2.75) is 19.9 Å². The monoisotopic (exact) mass is 446 g/mol. The molecule has 0 aliphatic carbocycles. The zero-order valence-corrected chi connectivity index (χ0v) is 18.7. The van der Waals surface area contributed by atoms with Gasteiger partial charge in [0, 0.05) is 47.3 Å². The number of fused-ring (bicyclic) bond motifs is 2. The van der Waals surface area contributed by atoms with E-state index < -0.39 is 0 Å². The lowest BCUT2D eigenvalue weighted by atomic mass is 10.1. The van der Waals surface area contributed by atoms with Gasteiger partial charge in [0.25, 0.3) is 0 Å². The van der Waals surface area contributed by atoms with Crippen molar-refractivity contribution in [1.29, 1.82) is 0 Å². The molecule has 0 unspecified atom stereocenters. The molecule has 3 N–H and O–H groups in total. The second kappa shape index (κ2) is 8.08. The molecular weight excluding hydrogens is 424 g/mol. The van der Waals surface area contributed by atoms with E-state index in [0.29, 0.717) is 6.04 Å². The quantitative estimate of drug-likeness (QED) is 0.325. The Bertz CT molecular complexity index is 1610. The number of aromatic amines is 2. The van der Waals surface area contributed by atoms with Crippen LogP contribution in [-0.4, -0.2) is 41.2 Å². The molecule has 6 rings (SSSR count). The van der Waals surface area contributed by atoms with E-state index >= 15 is 0 Å². The van der Waals surface area contributed by atoms with Gasteiger partial charge in [0.1, 0.15) is 11.2 Å². The Hall–Kier alpha value is -4.59. The molecule has 0 bridgehead atoms. The van der Waals surface area contributed by atoms with Crippen molar-refractivity contribution >= 4 is 27.6 Å². The molecule has 6 aromatic rings. The second-order valence-electron chi connectivity index (χ2n) is 8.44. The fraction of sp³-hybridized carbons (Fsp3) is 0.115. The van der Waals surface area contributed by atoms with Gasteiger partial charge in [-0.1, -0.05) is 6.07 Å². The molecule has 0 aromatic carbocycles. The number of hydrogen-bond donors (Lipinski definition) is 3. The lowest BCUT2D eigenvalue weighted by Crippen LogP contribution is -2.09. The van der Waals surface area contributed by atoms with Crippen LogP contribution in [0, 0.1) is 0 Å². The van der Waals surface area contributed by atoms with E-state index in [0.717, 1.165) is 61.7 Å². The van der Waals surface area contributed by atoms with Gasteiger partial charge < -0.3 is 10.3 Å². The van der Waals surface area contributed by atoms with Crippen LogP contribution in [0.15, 0.2) is 73.3 Å². The lowest BCUT2D eigenvalue weighted by Gasteiger charge is -2.10. The van der Waals surface area contributed by atoms with Gasteiger partial charge in [-0.2, -0.15) is 5.10 Å². The lowest BCUT2D eigenvalue weighted by molar-refractivity contribution is 0.898. The molecule has 0 aliphatic heterocycles. The van der Waals surface area contributed by atoms with Crippen molar-refractivity contribution in [2.75, 3.05) is 5.32 Å². The van der Waals surface area contributed by atoms with E-state index in [2.05, 4.69) is 61.4 Å². The topological polar surface area (TPSA) is 108 Å². The number of hydrogen-bond acceptors (Lipinski definition) is 6. The van der Waals surface area contributed by atoms with E-state index in [1.165, 1.54) is 0 Å². The summed E-state index contributed by atoms with van der Waals surface area (Å²) in [7, 11) is 0. The Labute approximate surface area is 195 Å². The van der Waals surface area contributed by atoms with Gasteiger partial charge in [-0.25, -0.2) is 4.98 Å². The molecule has 0 saturated carbocycles. The van der Waals surface area contributed by atoms with Crippen molar-refractivity contribution in [3.8, 4) is 34.0 Å². The highest BCUT2D eigenvalue weighted by Crippen LogP contribution is 2.32. The summed E-state index contributed by atoms with van der Waals surface area (Å²) in [4.78, 5) is 21.9. The van der Waals surface area contributed by atoms with Gasteiger partial charge in [-0.05, 0) is 56.3 Å². The van der Waals surface area contributed by atoms with Crippen molar-refractivity contribution in [3.63, 3.8) is 0 Å². The molecule has 0 atom stereocenters. The maximum atomic E-state index is 4.94. The zero-order valence-electron chi connectivity index (χ0n) is 18.7. The summed E-state index contributed by atoms with van der Waals surface area (Å²) in [5.74, 6) is 0.